The minimum atomic E-state index is -0.586. The van der Waals surface area contributed by atoms with Crippen LogP contribution in [0.4, 0.5) is 4.39 Å². The SMILES string of the molecule is [O]c1cncc(F)c1. The van der Waals surface area contributed by atoms with Gasteiger partial charge in [-0.3, -0.25) is 10.1 Å². The Kier molecular flexibility index (Phi) is 1.12. The molecule has 1 aromatic rings. The van der Waals surface area contributed by atoms with E-state index in [1.54, 1.807) is 0 Å². The van der Waals surface area contributed by atoms with Crippen LogP contribution in [0.15, 0.2) is 18.5 Å². The van der Waals surface area contributed by atoms with Gasteiger partial charge in [0.1, 0.15) is 5.82 Å². The van der Waals surface area contributed by atoms with Gasteiger partial charge in [0.2, 0.25) is 0 Å². The van der Waals surface area contributed by atoms with Crippen molar-refractivity contribution in [2.45, 2.75) is 0 Å². The first-order chi connectivity index (χ1) is 3.79. The number of halogens is 1. The second kappa shape index (κ2) is 1.78. The molecule has 0 bridgehead atoms. The fraction of sp³-hybridized carbons (Fsp3) is 0. The summed E-state index contributed by atoms with van der Waals surface area (Å²) in [6.07, 6.45) is 2.05. The van der Waals surface area contributed by atoms with E-state index in [2.05, 4.69) is 4.98 Å². The van der Waals surface area contributed by atoms with Gasteiger partial charge in [0.25, 0.3) is 0 Å². The third kappa shape index (κ3) is 0.932. The van der Waals surface area contributed by atoms with Crippen LogP contribution in [0.25, 0.3) is 0 Å². The lowest BCUT2D eigenvalue weighted by molar-refractivity contribution is 0.350. The second-order valence-electron chi connectivity index (χ2n) is 1.34. The van der Waals surface area contributed by atoms with Gasteiger partial charge in [0.05, 0.1) is 12.4 Å². The van der Waals surface area contributed by atoms with Gasteiger partial charge in [0, 0.05) is 6.07 Å². The zero-order valence-electron chi connectivity index (χ0n) is 3.97. The molecule has 0 unspecified atom stereocenters. The lowest BCUT2D eigenvalue weighted by Gasteiger charge is -1.82. The molecule has 41 valence electrons. The van der Waals surface area contributed by atoms with Crippen molar-refractivity contribution in [3.8, 4) is 5.75 Å². The van der Waals surface area contributed by atoms with Crippen LogP contribution in [0, 0.1) is 5.82 Å². The van der Waals surface area contributed by atoms with Crippen molar-refractivity contribution in [2.24, 2.45) is 0 Å². The molecule has 1 radical (unpaired) electrons. The van der Waals surface area contributed by atoms with Crippen molar-refractivity contribution < 1.29 is 9.50 Å². The first-order valence-electron chi connectivity index (χ1n) is 2.06. The number of rotatable bonds is 0. The van der Waals surface area contributed by atoms with Gasteiger partial charge < -0.3 is 0 Å². The molecule has 0 saturated heterocycles. The molecule has 1 aromatic heterocycles. The van der Waals surface area contributed by atoms with Crippen molar-refractivity contribution in [2.75, 3.05) is 0 Å². The summed E-state index contributed by atoms with van der Waals surface area (Å²) < 4.78 is 11.9. The Labute approximate surface area is 45.6 Å². The Morgan fingerprint density at radius 1 is 1.50 bits per heavy atom. The summed E-state index contributed by atoms with van der Waals surface area (Å²) in [6, 6.07) is 0.882. The Bertz CT molecular complexity index is 172. The van der Waals surface area contributed by atoms with Gasteiger partial charge in [-0.15, -0.1) is 0 Å². The van der Waals surface area contributed by atoms with E-state index in [4.69, 9.17) is 0 Å². The highest BCUT2D eigenvalue weighted by Crippen LogP contribution is 2.06. The van der Waals surface area contributed by atoms with E-state index in [0.717, 1.165) is 18.5 Å². The topological polar surface area (TPSA) is 32.8 Å². The molecule has 0 fully saturated rings. The monoisotopic (exact) mass is 112 g/mol. The summed E-state index contributed by atoms with van der Waals surface area (Å²) >= 11 is 0. The van der Waals surface area contributed by atoms with Gasteiger partial charge >= 0.3 is 0 Å². The first-order valence-corrected chi connectivity index (χ1v) is 2.06. The normalized spacial score (nSPS) is 9.12. The summed E-state index contributed by atoms with van der Waals surface area (Å²) in [5.74, 6) is -0.984. The van der Waals surface area contributed by atoms with E-state index in [9.17, 15) is 9.50 Å². The summed E-state index contributed by atoms with van der Waals surface area (Å²) in [5, 5.41) is 10.2. The fourth-order valence-electron chi connectivity index (χ4n) is 0.392. The number of pyridine rings is 1. The third-order valence-corrected chi connectivity index (χ3v) is 0.680. The number of nitrogens with zero attached hydrogens (tertiary/aromatic N) is 1. The lowest BCUT2D eigenvalue weighted by Crippen LogP contribution is -1.73. The van der Waals surface area contributed by atoms with Gasteiger partial charge in [-0.1, -0.05) is 0 Å². The van der Waals surface area contributed by atoms with Gasteiger partial charge in [0.15, 0.2) is 5.75 Å². The molecule has 0 aromatic carbocycles. The van der Waals surface area contributed by atoms with Crippen molar-refractivity contribution in [1.82, 2.24) is 4.98 Å². The van der Waals surface area contributed by atoms with Gasteiger partial charge in [-0.05, 0) is 0 Å². The van der Waals surface area contributed by atoms with Crippen molar-refractivity contribution in [3.05, 3.63) is 24.3 Å². The van der Waals surface area contributed by atoms with Crippen LogP contribution in [0.5, 0.6) is 5.75 Å². The molecule has 1 heterocycles. The van der Waals surface area contributed by atoms with Gasteiger partial charge in [-0.25, -0.2) is 4.39 Å². The molecule has 0 aliphatic rings. The molecule has 0 aliphatic heterocycles. The van der Waals surface area contributed by atoms with Crippen LogP contribution in [-0.4, -0.2) is 4.98 Å². The van der Waals surface area contributed by atoms with Crippen LogP contribution in [0.3, 0.4) is 0 Å². The molecule has 2 nitrogen and oxygen atoms in total. The highest BCUT2D eigenvalue weighted by Gasteiger charge is 1.90. The highest BCUT2D eigenvalue weighted by molar-refractivity contribution is 5.13. The Balaban J connectivity index is 3.08. The second-order valence-corrected chi connectivity index (χ2v) is 1.34. The van der Waals surface area contributed by atoms with Crippen molar-refractivity contribution in [3.63, 3.8) is 0 Å². The van der Waals surface area contributed by atoms with E-state index >= 15 is 0 Å². The molecular formula is C5H3FNO. The standard InChI is InChI=1S/C5H3FNO/c6-4-1-5(8)3-7-2-4/h1-3H. The predicted octanol–water partition coefficient (Wildman–Crippen LogP) is 1.36. The largest absolute Gasteiger partial charge is 0.288 e. The molecule has 1 rings (SSSR count). The van der Waals surface area contributed by atoms with Crippen LogP contribution in [0.1, 0.15) is 0 Å². The predicted molar refractivity (Wildman–Crippen MR) is 24.3 cm³/mol. The lowest BCUT2D eigenvalue weighted by atomic mass is 10.4. The van der Waals surface area contributed by atoms with Crippen molar-refractivity contribution in [1.29, 1.82) is 0 Å². The van der Waals surface area contributed by atoms with Crippen LogP contribution < -0.4 is 0 Å². The molecular weight excluding hydrogens is 109 g/mol. The highest BCUT2D eigenvalue weighted by atomic mass is 19.1. The smallest absolute Gasteiger partial charge is 0.199 e. The molecule has 8 heavy (non-hydrogen) atoms. The molecule has 0 aliphatic carbocycles. The summed E-state index contributed by atoms with van der Waals surface area (Å²) in [6.45, 7) is 0. The molecule has 0 atom stereocenters. The Morgan fingerprint density at radius 2 is 2.25 bits per heavy atom. The van der Waals surface area contributed by atoms with Crippen LogP contribution in [0.2, 0.25) is 0 Å². The quantitative estimate of drug-likeness (QED) is 0.498. The summed E-state index contributed by atoms with van der Waals surface area (Å²) in [7, 11) is 0. The average Bonchev–Trinajstić information content (AvgIpc) is 1.64. The maximum atomic E-state index is 11.9. The maximum Gasteiger partial charge on any atom is 0.199 e. The molecule has 3 heteroatoms. The zero-order valence-corrected chi connectivity index (χ0v) is 3.97. The third-order valence-electron chi connectivity index (χ3n) is 0.680. The van der Waals surface area contributed by atoms with E-state index in [1.165, 1.54) is 0 Å². The number of aromatic nitrogens is 1. The minimum absolute atomic E-state index is 0.398. The first kappa shape index (κ1) is 5.03. The fourth-order valence-corrected chi connectivity index (χ4v) is 0.392. The molecule has 0 spiro atoms. The molecule has 0 N–H and O–H groups in total. The number of hydrogen-bond acceptors (Lipinski definition) is 1. The van der Waals surface area contributed by atoms with E-state index in [-0.39, 0.29) is 0 Å². The van der Waals surface area contributed by atoms with Crippen molar-refractivity contribution >= 4 is 0 Å². The van der Waals surface area contributed by atoms with E-state index in [0.29, 0.717) is 0 Å². The molecule has 0 amide bonds. The number of hydrogen-bond donors (Lipinski definition) is 0. The van der Waals surface area contributed by atoms with Gasteiger partial charge in [-0.2, -0.15) is 0 Å². The summed E-state index contributed by atoms with van der Waals surface area (Å²) in [4.78, 5) is 3.30. The minimum Gasteiger partial charge on any atom is -0.288 e. The van der Waals surface area contributed by atoms with Crippen LogP contribution in [-0.2, 0) is 5.11 Å². The van der Waals surface area contributed by atoms with E-state index in [1.807, 2.05) is 0 Å². The Morgan fingerprint density at radius 3 is 2.62 bits per heavy atom. The van der Waals surface area contributed by atoms with Crippen LogP contribution >= 0.6 is 0 Å². The maximum absolute atomic E-state index is 11.9. The van der Waals surface area contributed by atoms with E-state index < -0.39 is 11.6 Å². The Hall–Kier alpha value is -1.12. The molecule has 0 saturated carbocycles. The summed E-state index contributed by atoms with van der Waals surface area (Å²) in [5.41, 5.74) is 0. The zero-order chi connectivity index (χ0) is 5.98. The average molecular weight is 112 g/mol.